The van der Waals surface area contributed by atoms with Crippen LogP contribution in [0.4, 0.5) is 5.82 Å². The van der Waals surface area contributed by atoms with E-state index in [1.54, 1.807) is 18.5 Å². The molecule has 0 saturated carbocycles. The standard InChI is InChI=1S/C16H18N4O/c21-16(18-12-13-5-4-8-17-11-13)14-6-3-7-15(19-14)20-9-1-2-10-20/h3-8,11H,1-2,9-10,12H2,(H,18,21). The van der Waals surface area contributed by atoms with Crippen molar-refractivity contribution >= 4 is 11.7 Å². The van der Waals surface area contributed by atoms with E-state index in [1.807, 2.05) is 24.3 Å². The fraction of sp³-hybridized carbons (Fsp3) is 0.312. The van der Waals surface area contributed by atoms with Crippen LogP contribution in [0.5, 0.6) is 0 Å². The predicted octanol–water partition coefficient (Wildman–Crippen LogP) is 2.01. The molecule has 5 heteroatoms. The van der Waals surface area contributed by atoms with Crippen molar-refractivity contribution in [3.8, 4) is 0 Å². The normalized spacial score (nSPS) is 14.2. The molecule has 108 valence electrons. The SMILES string of the molecule is O=C(NCc1cccnc1)c1cccc(N2CCCC2)n1. The molecule has 2 aromatic rings. The van der Waals surface area contributed by atoms with Crippen LogP contribution in [0.15, 0.2) is 42.7 Å². The Bertz CT molecular complexity index is 609. The van der Waals surface area contributed by atoms with Gasteiger partial charge >= 0.3 is 0 Å². The van der Waals surface area contributed by atoms with E-state index >= 15 is 0 Å². The van der Waals surface area contributed by atoms with Crippen LogP contribution in [0.25, 0.3) is 0 Å². The summed E-state index contributed by atoms with van der Waals surface area (Å²) in [6, 6.07) is 9.39. The molecule has 1 fully saturated rings. The van der Waals surface area contributed by atoms with Crippen LogP contribution in [-0.4, -0.2) is 29.0 Å². The van der Waals surface area contributed by atoms with Crippen LogP contribution in [0.2, 0.25) is 0 Å². The van der Waals surface area contributed by atoms with Gasteiger partial charge in [-0.2, -0.15) is 0 Å². The molecule has 0 radical (unpaired) electrons. The molecule has 3 heterocycles. The molecule has 1 aliphatic heterocycles. The van der Waals surface area contributed by atoms with Crippen molar-refractivity contribution in [3.05, 3.63) is 54.0 Å². The fourth-order valence-corrected chi connectivity index (χ4v) is 2.45. The fourth-order valence-electron chi connectivity index (χ4n) is 2.45. The Morgan fingerprint density at radius 1 is 1.19 bits per heavy atom. The maximum Gasteiger partial charge on any atom is 0.270 e. The highest BCUT2D eigenvalue weighted by Crippen LogP contribution is 2.17. The lowest BCUT2D eigenvalue weighted by Crippen LogP contribution is -2.25. The summed E-state index contributed by atoms with van der Waals surface area (Å²) in [7, 11) is 0. The zero-order valence-electron chi connectivity index (χ0n) is 11.8. The lowest BCUT2D eigenvalue weighted by molar-refractivity contribution is 0.0946. The molecule has 21 heavy (non-hydrogen) atoms. The second-order valence-electron chi connectivity index (χ2n) is 5.12. The average molecular weight is 282 g/mol. The summed E-state index contributed by atoms with van der Waals surface area (Å²) in [6.45, 7) is 2.50. The first-order chi connectivity index (χ1) is 10.3. The summed E-state index contributed by atoms with van der Waals surface area (Å²) in [6.07, 6.45) is 5.85. The molecule has 2 aromatic heterocycles. The van der Waals surface area contributed by atoms with Crippen molar-refractivity contribution in [2.45, 2.75) is 19.4 Å². The van der Waals surface area contributed by atoms with Crippen molar-refractivity contribution in [1.29, 1.82) is 0 Å². The van der Waals surface area contributed by atoms with E-state index in [0.717, 1.165) is 24.5 Å². The Kier molecular flexibility index (Phi) is 4.09. The molecule has 1 N–H and O–H groups in total. The molecule has 3 rings (SSSR count). The van der Waals surface area contributed by atoms with Gasteiger partial charge in [0.2, 0.25) is 0 Å². The number of nitrogens with one attached hydrogen (secondary N) is 1. The van der Waals surface area contributed by atoms with E-state index in [-0.39, 0.29) is 5.91 Å². The van der Waals surface area contributed by atoms with Crippen LogP contribution in [-0.2, 0) is 6.54 Å². The molecule has 1 aliphatic rings. The lowest BCUT2D eigenvalue weighted by atomic mass is 10.2. The first-order valence-electron chi connectivity index (χ1n) is 7.22. The van der Waals surface area contributed by atoms with Gasteiger partial charge in [0.15, 0.2) is 0 Å². The van der Waals surface area contributed by atoms with Crippen molar-refractivity contribution in [1.82, 2.24) is 15.3 Å². The maximum absolute atomic E-state index is 12.2. The van der Waals surface area contributed by atoms with E-state index in [2.05, 4.69) is 20.2 Å². The Morgan fingerprint density at radius 3 is 2.81 bits per heavy atom. The van der Waals surface area contributed by atoms with Gasteiger partial charge in [0.05, 0.1) is 0 Å². The summed E-state index contributed by atoms with van der Waals surface area (Å²) >= 11 is 0. The number of pyridine rings is 2. The van der Waals surface area contributed by atoms with Gasteiger partial charge < -0.3 is 10.2 Å². The number of rotatable bonds is 4. The van der Waals surface area contributed by atoms with E-state index in [1.165, 1.54) is 12.8 Å². The van der Waals surface area contributed by atoms with E-state index in [0.29, 0.717) is 12.2 Å². The van der Waals surface area contributed by atoms with Gasteiger partial charge in [-0.25, -0.2) is 4.98 Å². The summed E-state index contributed by atoms with van der Waals surface area (Å²) in [5.74, 6) is 0.737. The molecule has 0 unspecified atom stereocenters. The number of hydrogen-bond donors (Lipinski definition) is 1. The van der Waals surface area contributed by atoms with E-state index in [4.69, 9.17) is 0 Å². The van der Waals surface area contributed by atoms with Gasteiger partial charge in [0, 0.05) is 32.0 Å². The summed E-state index contributed by atoms with van der Waals surface area (Å²) in [4.78, 5) is 22.9. The van der Waals surface area contributed by atoms with Gasteiger partial charge in [-0.15, -0.1) is 0 Å². The minimum Gasteiger partial charge on any atom is -0.357 e. The summed E-state index contributed by atoms with van der Waals surface area (Å²) < 4.78 is 0. The molecule has 5 nitrogen and oxygen atoms in total. The second kappa shape index (κ2) is 6.35. The molecular weight excluding hydrogens is 264 g/mol. The number of carbonyl (C=O) groups excluding carboxylic acids is 1. The molecule has 0 aromatic carbocycles. The highest BCUT2D eigenvalue weighted by molar-refractivity contribution is 5.92. The molecular formula is C16H18N4O. The smallest absolute Gasteiger partial charge is 0.270 e. The number of hydrogen-bond acceptors (Lipinski definition) is 4. The van der Waals surface area contributed by atoms with Gasteiger partial charge in [-0.05, 0) is 36.6 Å². The van der Waals surface area contributed by atoms with Crippen molar-refractivity contribution in [3.63, 3.8) is 0 Å². The molecule has 0 atom stereocenters. The van der Waals surface area contributed by atoms with Gasteiger partial charge in [0.25, 0.3) is 5.91 Å². The average Bonchev–Trinajstić information content (AvgIpc) is 3.08. The van der Waals surface area contributed by atoms with Crippen molar-refractivity contribution in [2.24, 2.45) is 0 Å². The molecule has 0 spiro atoms. The van der Waals surface area contributed by atoms with E-state index in [9.17, 15) is 4.79 Å². The van der Waals surface area contributed by atoms with Crippen LogP contribution < -0.4 is 10.2 Å². The summed E-state index contributed by atoms with van der Waals surface area (Å²) in [5, 5.41) is 2.87. The van der Waals surface area contributed by atoms with Crippen molar-refractivity contribution < 1.29 is 4.79 Å². The first kappa shape index (κ1) is 13.5. The Labute approximate surface area is 124 Å². The third kappa shape index (κ3) is 3.37. The maximum atomic E-state index is 12.2. The number of carbonyl (C=O) groups is 1. The molecule has 1 amide bonds. The zero-order chi connectivity index (χ0) is 14.5. The minimum absolute atomic E-state index is 0.153. The van der Waals surface area contributed by atoms with Crippen molar-refractivity contribution in [2.75, 3.05) is 18.0 Å². The monoisotopic (exact) mass is 282 g/mol. The second-order valence-corrected chi connectivity index (χ2v) is 5.12. The third-order valence-electron chi connectivity index (χ3n) is 3.57. The number of amides is 1. The molecule has 0 bridgehead atoms. The predicted molar refractivity (Wildman–Crippen MR) is 81.1 cm³/mol. The van der Waals surface area contributed by atoms with Crippen LogP contribution in [0, 0.1) is 0 Å². The number of nitrogens with zero attached hydrogens (tertiary/aromatic N) is 3. The van der Waals surface area contributed by atoms with E-state index < -0.39 is 0 Å². The topological polar surface area (TPSA) is 58.1 Å². The van der Waals surface area contributed by atoms with Gasteiger partial charge in [0.1, 0.15) is 11.5 Å². The lowest BCUT2D eigenvalue weighted by Gasteiger charge is -2.16. The Hall–Kier alpha value is -2.43. The minimum atomic E-state index is -0.153. The molecule has 0 aliphatic carbocycles. The Morgan fingerprint density at radius 2 is 2.05 bits per heavy atom. The van der Waals surface area contributed by atoms with Gasteiger partial charge in [-0.3, -0.25) is 9.78 Å². The van der Waals surface area contributed by atoms with Crippen LogP contribution >= 0.6 is 0 Å². The first-order valence-corrected chi connectivity index (χ1v) is 7.22. The quantitative estimate of drug-likeness (QED) is 0.932. The van der Waals surface area contributed by atoms with Gasteiger partial charge in [-0.1, -0.05) is 12.1 Å². The van der Waals surface area contributed by atoms with Crippen LogP contribution in [0.3, 0.4) is 0 Å². The zero-order valence-corrected chi connectivity index (χ0v) is 11.8. The largest absolute Gasteiger partial charge is 0.357 e. The highest BCUT2D eigenvalue weighted by Gasteiger charge is 2.15. The Balaban J connectivity index is 1.65. The number of aromatic nitrogens is 2. The molecule has 1 saturated heterocycles. The van der Waals surface area contributed by atoms with Crippen LogP contribution in [0.1, 0.15) is 28.9 Å². The third-order valence-corrected chi connectivity index (χ3v) is 3.57. The number of anilines is 1. The highest BCUT2D eigenvalue weighted by atomic mass is 16.1. The summed E-state index contributed by atoms with van der Waals surface area (Å²) in [5.41, 5.74) is 1.44.